The summed E-state index contributed by atoms with van der Waals surface area (Å²) in [5.41, 5.74) is 2.83. The van der Waals surface area contributed by atoms with Gasteiger partial charge in [0.1, 0.15) is 5.75 Å². The average Bonchev–Trinajstić information content (AvgIpc) is 2.75. The molecule has 150 valence electrons. The van der Waals surface area contributed by atoms with Gasteiger partial charge in [0.05, 0.1) is 19.2 Å². The van der Waals surface area contributed by atoms with Gasteiger partial charge in [0, 0.05) is 43.3 Å². The van der Waals surface area contributed by atoms with E-state index in [0.29, 0.717) is 12.5 Å². The summed E-state index contributed by atoms with van der Waals surface area (Å²) in [5, 5.41) is 3.78. The van der Waals surface area contributed by atoms with Crippen LogP contribution in [0.15, 0.2) is 48.7 Å². The van der Waals surface area contributed by atoms with Gasteiger partial charge in [0.15, 0.2) is 0 Å². The number of aromatic nitrogens is 2. The molecule has 1 saturated heterocycles. The lowest BCUT2D eigenvalue weighted by atomic mass is 10.0. The van der Waals surface area contributed by atoms with E-state index in [2.05, 4.69) is 32.1 Å². The van der Waals surface area contributed by atoms with E-state index in [0.717, 1.165) is 54.0 Å². The molecule has 7 heteroatoms. The fraction of sp³-hybridized carbons (Fsp3) is 0.318. The highest BCUT2D eigenvalue weighted by Gasteiger charge is 2.17. The topological polar surface area (TPSA) is 70.6 Å². The summed E-state index contributed by atoms with van der Waals surface area (Å²) >= 11 is 0. The van der Waals surface area contributed by atoms with Gasteiger partial charge in [0.2, 0.25) is 11.9 Å². The van der Waals surface area contributed by atoms with Gasteiger partial charge < -0.3 is 9.64 Å². The Balaban J connectivity index is 1.54. The summed E-state index contributed by atoms with van der Waals surface area (Å²) < 4.78 is 5.24. The van der Waals surface area contributed by atoms with E-state index in [1.165, 1.54) is 0 Å². The molecule has 2 aromatic carbocycles. The maximum Gasteiger partial charge on any atom is 0.240 e. The number of nitrogens with zero attached hydrogens (tertiary/aromatic N) is 4. The van der Waals surface area contributed by atoms with Crippen LogP contribution in [0.4, 0.5) is 5.95 Å². The second-order valence-electron chi connectivity index (χ2n) is 7.29. The third-order valence-electron chi connectivity index (χ3n) is 5.23. The van der Waals surface area contributed by atoms with Crippen LogP contribution >= 0.6 is 0 Å². The van der Waals surface area contributed by atoms with Crippen molar-refractivity contribution in [2.24, 2.45) is 0 Å². The number of nitrogens with one attached hydrogen (secondary N) is 1. The van der Waals surface area contributed by atoms with Crippen molar-refractivity contribution in [1.82, 2.24) is 19.8 Å². The molecule has 1 fully saturated rings. The second kappa shape index (κ2) is 8.55. The first-order valence-corrected chi connectivity index (χ1v) is 9.73. The molecule has 0 radical (unpaired) electrons. The number of piperazine rings is 1. The number of para-hydroxylation sites is 1. The summed E-state index contributed by atoms with van der Waals surface area (Å²) in [6.07, 6.45) is 1.75. The van der Waals surface area contributed by atoms with Crippen LogP contribution in [-0.2, 0) is 4.79 Å². The van der Waals surface area contributed by atoms with Gasteiger partial charge in [-0.15, -0.1) is 0 Å². The highest BCUT2D eigenvalue weighted by molar-refractivity contribution is 5.96. The lowest BCUT2D eigenvalue weighted by molar-refractivity contribution is -0.117. The molecule has 1 aromatic heterocycles. The summed E-state index contributed by atoms with van der Waals surface area (Å²) in [7, 11) is 3.75. The Hall–Kier alpha value is -3.03. The number of amides is 1. The van der Waals surface area contributed by atoms with E-state index in [4.69, 9.17) is 4.74 Å². The van der Waals surface area contributed by atoms with E-state index in [-0.39, 0.29) is 5.91 Å². The smallest absolute Gasteiger partial charge is 0.240 e. The highest BCUT2D eigenvalue weighted by atomic mass is 16.5. The molecule has 0 saturated carbocycles. The Morgan fingerprint density at radius 2 is 1.86 bits per heavy atom. The van der Waals surface area contributed by atoms with Crippen molar-refractivity contribution >= 4 is 22.8 Å². The van der Waals surface area contributed by atoms with Crippen LogP contribution in [0.1, 0.15) is 0 Å². The molecule has 2 heterocycles. The number of ether oxygens (including phenoxy) is 1. The molecule has 7 nitrogen and oxygen atoms in total. The molecule has 3 aromatic rings. The minimum Gasteiger partial charge on any atom is -0.497 e. The quantitative estimate of drug-likeness (QED) is 0.721. The maximum absolute atomic E-state index is 12.5. The summed E-state index contributed by atoms with van der Waals surface area (Å²) in [5.74, 6) is 1.05. The van der Waals surface area contributed by atoms with Crippen molar-refractivity contribution < 1.29 is 9.53 Å². The molecule has 4 rings (SSSR count). The van der Waals surface area contributed by atoms with E-state index in [1.807, 2.05) is 42.5 Å². The normalized spacial score (nSPS) is 15.4. The van der Waals surface area contributed by atoms with Crippen LogP contribution in [0.25, 0.3) is 22.0 Å². The predicted molar refractivity (Wildman–Crippen MR) is 114 cm³/mol. The third kappa shape index (κ3) is 4.52. The minimum absolute atomic E-state index is 0.0872. The molecule has 0 atom stereocenters. The summed E-state index contributed by atoms with van der Waals surface area (Å²) in [4.78, 5) is 25.8. The Kier molecular flexibility index (Phi) is 5.69. The van der Waals surface area contributed by atoms with E-state index in [9.17, 15) is 4.79 Å². The lowest BCUT2D eigenvalue weighted by Crippen LogP contribution is -2.47. The van der Waals surface area contributed by atoms with Gasteiger partial charge >= 0.3 is 0 Å². The van der Waals surface area contributed by atoms with Gasteiger partial charge in [-0.2, -0.15) is 0 Å². The molecule has 1 aliphatic heterocycles. The van der Waals surface area contributed by atoms with Crippen molar-refractivity contribution in [3.05, 3.63) is 48.7 Å². The van der Waals surface area contributed by atoms with Crippen LogP contribution in [0.2, 0.25) is 0 Å². The second-order valence-corrected chi connectivity index (χ2v) is 7.29. The third-order valence-corrected chi connectivity index (χ3v) is 5.23. The minimum atomic E-state index is -0.0872. The molecule has 1 amide bonds. The van der Waals surface area contributed by atoms with E-state index in [1.54, 1.807) is 13.3 Å². The number of hydrogen-bond acceptors (Lipinski definition) is 6. The first kappa shape index (κ1) is 19.3. The standard InChI is InChI=1S/C22H25N5O2/c1-26-10-12-27(13-11-26)15-20(28)24-22-23-14-17-4-3-5-19(21(17)25-22)16-6-8-18(29-2)9-7-16/h3-9,14H,10-13,15H2,1-2H3,(H,23,24,25,28). The maximum atomic E-state index is 12.5. The molecule has 0 bridgehead atoms. The number of benzene rings is 2. The average molecular weight is 391 g/mol. The number of rotatable bonds is 5. The van der Waals surface area contributed by atoms with Gasteiger partial charge in [-0.05, 0) is 24.7 Å². The van der Waals surface area contributed by atoms with Gasteiger partial charge in [-0.3, -0.25) is 15.0 Å². The van der Waals surface area contributed by atoms with Crippen LogP contribution in [0, 0.1) is 0 Å². The number of hydrogen-bond donors (Lipinski definition) is 1. The SMILES string of the molecule is COc1ccc(-c2cccc3cnc(NC(=O)CN4CCN(C)CC4)nc23)cc1. The largest absolute Gasteiger partial charge is 0.497 e. The molecule has 1 N–H and O–H groups in total. The fourth-order valence-electron chi connectivity index (χ4n) is 3.49. The van der Waals surface area contributed by atoms with Crippen molar-refractivity contribution in [3.8, 4) is 16.9 Å². The van der Waals surface area contributed by atoms with Gasteiger partial charge in [0.25, 0.3) is 0 Å². The highest BCUT2D eigenvalue weighted by Crippen LogP contribution is 2.28. The molecule has 0 spiro atoms. The monoisotopic (exact) mass is 391 g/mol. The summed E-state index contributed by atoms with van der Waals surface area (Å²) in [6, 6.07) is 13.8. The van der Waals surface area contributed by atoms with E-state index < -0.39 is 0 Å². The Labute approximate surface area is 170 Å². The van der Waals surface area contributed by atoms with Crippen LogP contribution in [-0.4, -0.2) is 72.6 Å². The number of fused-ring (bicyclic) bond motifs is 1. The van der Waals surface area contributed by atoms with Crippen molar-refractivity contribution in [2.45, 2.75) is 0 Å². The fourth-order valence-corrected chi connectivity index (χ4v) is 3.49. The van der Waals surface area contributed by atoms with Crippen molar-refractivity contribution in [1.29, 1.82) is 0 Å². The number of carbonyl (C=O) groups excluding carboxylic acids is 1. The molecular weight excluding hydrogens is 366 g/mol. The lowest BCUT2D eigenvalue weighted by Gasteiger charge is -2.31. The van der Waals surface area contributed by atoms with Crippen LogP contribution in [0.5, 0.6) is 5.75 Å². The molecule has 29 heavy (non-hydrogen) atoms. The van der Waals surface area contributed by atoms with Crippen molar-refractivity contribution in [2.75, 3.05) is 52.2 Å². The molecule has 1 aliphatic rings. The van der Waals surface area contributed by atoms with E-state index >= 15 is 0 Å². The number of anilines is 1. The Bertz CT molecular complexity index is 998. The Morgan fingerprint density at radius 3 is 2.59 bits per heavy atom. The predicted octanol–water partition coefficient (Wildman–Crippen LogP) is 2.49. The number of likely N-dealkylation sites (N-methyl/N-ethyl adjacent to an activating group) is 1. The van der Waals surface area contributed by atoms with Crippen molar-refractivity contribution in [3.63, 3.8) is 0 Å². The zero-order valence-corrected chi connectivity index (χ0v) is 16.8. The van der Waals surface area contributed by atoms with Crippen LogP contribution < -0.4 is 10.1 Å². The molecule has 0 unspecified atom stereocenters. The first-order chi connectivity index (χ1) is 14.1. The molecule has 0 aliphatic carbocycles. The number of carbonyl (C=O) groups is 1. The van der Waals surface area contributed by atoms with Gasteiger partial charge in [-0.25, -0.2) is 9.97 Å². The first-order valence-electron chi connectivity index (χ1n) is 9.73. The van der Waals surface area contributed by atoms with Gasteiger partial charge in [-0.1, -0.05) is 30.3 Å². The zero-order chi connectivity index (χ0) is 20.2. The van der Waals surface area contributed by atoms with Crippen LogP contribution in [0.3, 0.4) is 0 Å². The molecular formula is C22H25N5O2. The number of methoxy groups -OCH3 is 1. The summed E-state index contributed by atoms with van der Waals surface area (Å²) in [6.45, 7) is 4.10. The Morgan fingerprint density at radius 1 is 1.10 bits per heavy atom. The zero-order valence-electron chi connectivity index (χ0n) is 16.8.